The Morgan fingerprint density at radius 2 is 1.64 bits per heavy atom. The number of rotatable bonds is 5. The molecule has 0 bridgehead atoms. The molecule has 0 saturated heterocycles. The predicted molar refractivity (Wildman–Crippen MR) is 95.0 cm³/mol. The summed E-state index contributed by atoms with van der Waals surface area (Å²) >= 11 is 0. The van der Waals surface area contributed by atoms with Gasteiger partial charge in [-0.1, -0.05) is 45.0 Å². The van der Waals surface area contributed by atoms with Crippen LogP contribution in [0, 0.1) is 13.8 Å². The van der Waals surface area contributed by atoms with Crippen LogP contribution in [0.1, 0.15) is 37.5 Å². The lowest BCUT2D eigenvalue weighted by Gasteiger charge is -2.19. The van der Waals surface area contributed by atoms with Gasteiger partial charge in [-0.2, -0.15) is 0 Å². The van der Waals surface area contributed by atoms with Crippen LogP contribution in [0.25, 0.3) is 0 Å². The molecule has 2 heteroatoms. The Balaban J connectivity index is 1.83. The molecule has 0 spiro atoms. The third kappa shape index (κ3) is 4.27. The van der Waals surface area contributed by atoms with Gasteiger partial charge in [-0.05, 0) is 54.2 Å². The molecule has 0 aliphatic heterocycles. The van der Waals surface area contributed by atoms with Crippen LogP contribution in [-0.4, -0.2) is 13.2 Å². The molecule has 1 N–H and O–H groups in total. The van der Waals surface area contributed by atoms with Gasteiger partial charge in [-0.25, -0.2) is 0 Å². The molecule has 0 aliphatic rings. The number of hydrogen-bond donors (Lipinski definition) is 1. The van der Waals surface area contributed by atoms with Crippen LogP contribution in [0.2, 0.25) is 0 Å². The number of aryl methyl sites for hydroxylation is 1. The Labute approximate surface area is 134 Å². The largest absolute Gasteiger partial charge is 0.492 e. The number of anilines is 1. The Morgan fingerprint density at radius 3 is 2.27 bits per heavy atom. The molecule has 0 fully saturated rings. The predicted octanol–water partition coefficient (Wildman–Crippen LogP) is 5.09. The van der Waals surface area contributed by atoms with Gasteiger partial charge in [0.1, 0.15) is 12.4 Å². The third-order valence-electron chi connectivity index (χ3n) is 4.01. The summed E-state index contributed by atoms with van der Waals surface area (Å²) < 4.78 is 5.80. The van der Waals surface area contributed by atoms with E-state index in [4.69, 9.17) is 4.74 Å². The van der Waals surface area contributed by atoms with Crippen molar-refractivity contribution in [3.05, 3.63) is 59.2 Å². The highest BCUT2D eigenvalue weighted by Crippen LogP contribution is 2.24. The summed E-state index contributed by atoms with van der Waals surface area (Å²) in [5.41, 5.74) is 5.31. The van der Waals surface area contributed by atoms with Gasteiger partial charge >= 0.3 is 0 Å². The first kappa shape index (κ1) is 16.4. The molecule has 2 nitrogen and oxygen atoms in total. The van der Waals surface area contributed by atoms with E-state index in [0.29, 0.717) is 6.61 Å². The molecule has 0 amide bonds. The zero-order chi connectivity index (χ0) is 16.2. The highest BCUT2D eigenvalue weighted by Gasteiger charge is 2.12. The second-order valence-electron chi connectivity index (χ2n) is 6.80. The van der Waals surface area contributed by atoms with Crippen molar-refractivity contribution in [1.29, 1.82) is 0 Å². The molecule has 22 heavy (non-hydrogen) atoms. The van der Waals surface area contributed by atoms with Crippen molar-refractivity contribution in [2.75, 3.05) is 18.5 Å². The van der Waals surface area contributed by atoms with Crippen LogP contribution in [0.4, 0.5) is 5.69 Å². The molecule has 0 heterocycles. The monoisotopic (exact) mass is 297 g/mol. The van der Waals surface area contributed by atoms with Gasteiger partial charge in [0, 0.05) is 12.2 Å². The Morgan fingerprint density at radius 1 is 0.955 bits per heavy atom. The number of ether oxygens (including phenoxy) is 1. The molecule has 0 radical (unpaired) electrons. The lowest BCUT2D eigenvalue weighted by molar-refractivity contribution is 0.332. The SMILES string of the molecule is Cc1cccc(NCCOc2ccc(C(C)(C)C)cc2)c1C. The highest BCUT2D eigenvalue weighted by atomic mass is 16.5. The standard InChI is InChI=1S/C20H27NO/c1-15-7-6-8-19(16(15)2)21-13-14-22-18-11-9-17(10-12-18)20(3,4)5/h6-12,21H,13-14H2,1-5H3. The molecular weight excluding hydrogens is 270 g/mol. The van der Waals surface area contributed by atoms with Gasteiger partial charge in [0.25, 0.3) is 0 Å². The number of nitrogens with one attached hydrogen (secondary N) is 1. The van der Waals surface area contributed by atoms with E-state index in [1.165, 1.54) is 22.4 Å². The molecule has 0 saturated carbocycles. The van der Waals surface area contributed by atoms with E-state index in [9.17, 15) is 0 Å². The first-order valence-corrected chi connectivity index (χ1v) is 7.91. The lowest BCUT2D eigenvalue weighted by atomic mass is 9.87. The van der Waals surface area contributed by atoms with Crippen molar-refractivity contribution >= 4 is 5.69 Å². The van der Waals surface area contributed by atoms with E-state index in [2.05, 4.69) is 82.4 Å². The summed E-state index contributed by atoms with van der Waals surface area (Å²) in [6, 6.07) is 14.7. The Hall–Kier alpha value is -1.96. The molecule has 0 aliphatic carbocycles. The summed E-state index contributed by atoms with van der Waals surface area (Å²) in [6.45, 7) is 12.4. The topological polar surface area (TPSA) is 21.3 Å². The van der Waals surface area contributed by atoms with Crippen molar-refractivity contribution in [2.45, 2.75) is 40.0 Å². The zero-order valence-electron chi connectivity index (χ0n) is 14.4. The second kappa shape index (κ2) is 6.87. The summed E-state index contributed by atoms with van der Waals surface area (Å²) in [7, 11) is 0. The molecule has 2 rings (SSSR count). The molecule has 118 valence electrons. The minimum absolute atomic E-state index is 0.183. The summed E-state index contributed by atoms with van der Waals surface area (Å²) in [5, 5.41) is 3.43. The first-order valence-electron chi connectivity index (χ1n) is 7.91. The zero-order valence-corrected chi connectivity index (χ0v) is 14.4. The van der Waals surface area contributed by atoms with Gasteiger partial charge in [0.2, 0.25) is 0 Å². The third-order valence-corrected chi connectivity index (χ3v) is 4.01. The Kier molecular flexibility index (Phi) is 5.12. The van der Waals surface area contributed by atoms with Gasteiger partial charge in [-0.15, -0.1) is 0 Å². The molecular formula is C20H27NO. The van der Waals surface area contributed by atoms with Crippen LogP contribution in [0.3, 0.4) is 0 Å². The molecule has 0 unspecified atom stereocenters. The lowest BCUT2D eigenvalue weighted by Crippen LogP contribution is -2.13. The maximum Gasteiger partial charge on any atom is 0.119 e. The van der Waals surface area contributed by atoms with Crippen LogP contribution < -0.4 is 10.1 Å². The van der Waals surface area contributed by atoms with E-state index in [1.807, 2.05) is 0 Å². The van der Waals surface area contributed by atoms with Crippen LogP contribution >= 0.6 is 0 Å². The summed E-state index contributed by atoms with van der Waals surface area (Å²) in [4.78, 5) is 0. The van der Waals surface area contributed by atoms with Crippen molar-refractivity contribution in [2.24, 2.45) is 0 Å². The fourth-order valence-corrected chi connectivity index (χ4v) is 2.35. The van der Waals surface area contributed by atoms with Crippen molar-refractivity contribution in [3.63, 3.8) is 0 Å². The van der Waals surface area contributed by atoms with E-state index >= 15 is 0 Å². The van der Waals surface area contributed by atoms with Crippen LogP contribution in [0.5, 0.6) is 5.75 Å². The van der Waals surface area contributed by atoms with Gasteiger partial charge < -0.3 is 10.1 Å². The van der Waals surface area contributed by atoms with E-state index in [-0.39, 0.29) is 5.41 Å². The maximum absolute atomic E-state index is 5.80. The average Bonchev–Trinajstić information content (AvgIpc) is 2.47. The van der Waals surface area contributed by atoms with Crippen LogP contribution in [0.15, 0.2) is 42.5 Å². The maximum atomic E-state index is 5.80. The Bertz CT molecular complexity index is 609. The molecule has 0 aromatic heterocycles. The van der Waals surface area contributed by atoms with Crippen molar-refractivity contribution in [3.8, 4) is 5.75 Å². The number of hydrogen-bond acceptors (Lipinski definition) is 2. The quantitative estimate of drug-likeness (QED) is 0.776. The van der Waals surface area contributed by atoms with E-state index in [0.717, 1.165) is 12.3 Å². The van der Waals surface area contributed by atoms with E-state index in [1.54, 1.807) is 0 Å². The minimum Gasteiger partial charge on any atom is -0.492 e. The van der Waals surface area contributed by atoms with Gasteiger partial charge in [0.05, 0.1) is 0 Å². The van der Waals surface area contributed by atoms with Crippen molar-refractivity contribution < 1.29 is 4.74 Å². The summed E-state index contributed by atoms with van der Waals surface area (Å²) in [6.07, 6.45) is 0. The normalized spacial score (nSPS) is 11.3. The fraction of sp³-hybridized carbons (Fsp3) is 0.400. The highest BCUT2D eigenvalue weighted by molar-refractivity contribution is 5.53. The van der Waals surface area contributed by atoms with Crippen LogP contribution in [-0.2, 0) is 5.41 Å². The average molecular weight is 297 g/mol. The second-order valence-corrected chi connectivity index (χ2v) is 6.80. The molecule has 2 aromatic carbocycles. The van der Waals surface area contributed by atoms with Crippen molar-refractivity contribution in [1.82, 2.24) is 0 Å². The first-order chi connectivity index (χ1) is 10.4. The molecule has 0 atom stereocenters. The number of benzene rings is 2. The fourth-order valence-electron chi connectivity index (χ4n) is 2.35. The van der Waals surface area contributed by atoms with Gasteiger partial charge in [0.15, 0.2) is 0 Å². The summed E-state index contributed by atoms with van der Waals surface area (Å²) in [5.74, 6) is 0.927. The smallest absolute Gasteiger partial charge is 0.119 e. The van der Waals surface area contributed by atoms with Gasteiger partial charge in [-0.3, -0.25) is 0 Å². The molecule has 2 aromatic rings. The minimum atomic E-state index is 0.183. The van der Waals surface area contributed by atoms with E-state index < -0.39 is 0 Å².